The molecular formula is C15H11N3O4S. The van der Waals surface area contributed by atoms with E-state index in [0.29, 0.717) is 22.3 Å². The van der Waals surface area contributed by atoms with E-state index in [9.17, 15) is 13.2 Å². The van der Waals surface area contributed by atoms with Crippen molar-refractivity contribution in [3.8, 4) is 0 Å². The summed E-state index contributed by atoms with van der Waals surface area (Å²) in [4.78, 5) is 19.2. The minimum atomic E-state index is -3.01. The molecule has 0 saturated carbocycles. The number of nitrogens with zero attached hydrogens (tertiary/aromatic N) is 3. The second kappa shape index (κ2) is 6.01. The maximum Gasteiger partial charge on any atom is 0.335 e. The molecule has 7 nitrogen and oxygen atoms in total. The highest BCUT2D eigenvalue weighted by Crippen LogP contribution is 2.30. The largest absolute Gasteiger partial charge is 0.478 e. The van der Waals surface area contributed by atoms with Crippen molar-refractivity contribution in [1.82, 2.24) is 9.97 Å². The van der Waals surface area contributed by atoms with Gasteiger partial charge >= 0.3 is 5.97 Å². The number of fused-ring (bicyclic) bond motifs is 1. The average Bonchev–Trinajstić information content (AvgIpc) is 2.55. The number of hydrogen-bond acceptors (Lipinski definition) is 5. The zero-order valence-corrected chi connectivity index (χ0v) is 12.6. The van der Waals surface area contributed by atoms with Gasteiger partial charge in [-0.2, -0.15) is 0 Å². The number of carboxylic acids is 1. The van der Waals surface area contributed by atoms with E-state index < -0.39 is 16.9 Å². The van der Waals surface area contributed by atoms with Gasteiger partial charge in [0.25, 0.3) is 0 Å². The van der Waals surface area contributed by atoms with Gasteiger partial charge in [-0.25, -0.2) is 17.5 Å². The summed E-state index contributed by atoms with van der Waals surface area (Å²) in [7, 11) is -3.01. The minimum absolute atomic E-state index is 0.0731. The first kappa shape index (κ1) is 14.9. The Morgan fingerprint density at radius 3 is 2.48 bits per heavy atom. The van der Waals surface area contributed by atoms with Crippen LogP contribution >= 0.6 is 0 Å². The number of anilines is 2. The summed E-state index contributed by atoms with van der Waals surface area (Å²) in [5, 5.41) is 9.63. The third-order valence-corrected chi connectivity index (χ3v) is 4.02. The topological polar surface area (TPSA) is 100 Å². The van der Waals surface area contributed by atoms with Crippen molar-refractivity contribution >= 4 is 39.1 Å². The number of rotatable bonds is 4. The van der Waals surface area contributed by atoms with Crippen LogP contribution in [0.3, 0.4) is 0 Å². The van der Waals surface area contributed by atoms with Crippen LogP contribution in [-0.4, -0.2) is 29.5 Å². The Bertz CT molecular complexity index is 941. The molecule has 0 aliphatic heterocycles. The molecule has 2 aromatic heterocycles. The Hall–Kier alpha value is -3.00. The fraction of sp³-hybridized carbons (Fsp3) is 0. The molecule has 0 radical (unpaired) electrons. The first-order chi connectivity index (χ1) is 11.1. The normalized spacial score (nSPS) is 10.8. The Morgan fingerprint density at radius 2 is 1.83 bits per heavy atom. The lowest BCUT2D eigenvalue weighted by atomic mass is 10.2. The molecule has 3 rings (SSSR count). The van der Waals surface area contributed by atoms with Gasteiger partial charge in [0.2, 0.25) is 10.9 Å². The summed E-state index contributed by atoms with van der Waals surface area (Å²) in [5.74, 6) is -1.08. The average molecular weight is 329 g/mol. The number of hydrogen-bond donors (Lipinski definition) is 2. The van der Waals surface area contributed by atoms with Crippen LogP contribution in [-0.2, 0) is 10.9 Å². The van der Waals surface area contributed by atoms with E-state index in [0.717, 1.165) is 4.31 Å². The van der Waals surface area contributed by atoms with E-state index in [2.05, 4.69) is 9.97 Å². The molecule has 0 unspecified atom stereocenters. The van der Waals surface area contributed by atoms with Crippen molar-refractivity contribution in [2.45, 2.75) is 0 Å². The van der Waals surface area contributed by atoms with Gasteiger partial charge in [-0.3, -0.25) is 9.97 Å². The fourth-order valence-electron chi connectivity index (χ4n) is 2.21. The van der Waals surface area contributed by atoms with Crippen LogP contribution in [0.1, 0.15) is 10.4 Å². The van der Waals surface area contributed by atoms with Gasteiger partial charge in [0.15, 0.2) is 0 Å². The van der Waals surface area contributed by atoms with Gasteiger partial charge in [0.1, 0.15) is 5.69 Å². The van der Waals surface area contributed by atoms with Crippen LogP contribution < -0.4 is 4.31 Å². The molecule has 3 aromatic rings. The number of pyridine rings is 2. The molecule has 23 heavy (non-hydrogen) atoms. The Balaban J connectivity index is 2.17. The lowest BCUT2D eigenvalue weighted by Crippen LogP contribution is -2.15. The molecule has 116 valence electrons. The summed E-state index contributed by atoms with van der Waals surface area (Å²) in [6, 6.07) is 9.05. The summed E-state index contributed by atoms with van der Waals surface area (Å²) >= 11 is 0. The highest BCUT2D eigenvalue weighted by Gasteiger charge is 2.16. The Kier molecular flexibility index (Phi) is 3.90. The van der Waals surface area contributed by atoms with E-state index in [1.807, 2.05) is 0 Å². The van der Waals surface area contributed by atoms with E-state index in [4.69, 9.17) is 5.11 Å². The molecule has 0 amide bonds. The summed E-state index contributed by atoms with van der Waals surface area (Å²) < 4.78 is 24.6. The number of aromatic nitrogens is 2. The van der Waals surface area contributed by atoms with E-state index in [-0.39, 0.29) is 5.56 Å². The van der Waals surface area contributed by atoms with E-state index >= 15 is 0 Å². The third-order valence-electron chi connectivity index (χ3n) is 3.24. The molecular weight excluding hydrogens is 318 g/mol. The molecule has 1 N–H and O–H groups in total. The van der Waals surface area contributed by atoms with Crippen LogP contribution in [0.25, 0.3) is 10.9 Å². The summed E-state index contributed by atoms with van der Waals surface area (Å²) in [5.41, 5.74) is 1.18. The number of aromatic carboxylic acids is 1. The van der Waals surface area contributed by atoms with E-state index in [1.54, 1.807) is 24.5 Å². The molecule has 0 atom stereocenters. The van der Waals surface area contributed by atoms with E-state index in [1.165, 1.54) is 30.5 Å². The first-order valence-electron chi connectivity index (χ1n) is 6.54. The molecule has 0 aliphatic rings. The second-order valence-electron chi connectivity index (χ2n) is 4.64. The number of thiol groups is 1. The number of carbonyl (C=O) groups is 1. The zero-order valence-electron chi connectivity index (χ0n) is 11.7. The maximum atomic E-state index is 11.8. The SMILES string of the molecule is O=C(O)c1ccc(N(c2cncc3cccnc23)[SH](=O)=O)cc1. The van der Waals surface area contributed by atoms with Gasteiger partial charge in [-0.15, -0.1) is 0 Å². The molecule has 0 bridgehead atoms. The van der Waals surface area contributed by atoms with Gasteiger partial charge < -0.3 is 5.11 Å². The Labute approximate surface area is 132 Å². The molecule has 1 aromatic carbocycles. The predicted octanol–water partition coefficient (Wildman–Crippen LogP) is 1.99. The van der Waals surface area contributed by atoms with Crippen molar-refractivity contribution in [3.05, 3.63) is 60.6 Å². The Morgan fingerprint density at radius 1 is 1.09 bits per heavy atom. The fourth-order valence-corrected chi connectivity index (χ4v) is 2.85. The quantitative estimate of drug-likeness (QED) is 0.710. The van der Waals surface area contributed by atoms with Crippen LogP contribution in [0.4, 0.5) is 11.4 Å². The highest BCUT2D eigenvalue weighted by atomic mass is 32.2. The van der Waals surface area contributed by atoms with Crippen LogP contribution in [0, 0.1) is 0 Å². The highest BCUT2D eigenvalue weighted by molar-refractivity contribution is 7.74. The van der Waals surface area contributed by atoms with Gasteiger partial charge in [0.05, 0.1) is 23.0 Å². The second-order valence-corrected chi connectivity index (χ2v) is 5.51. The minimum Gasteiger partial charge on any atom is -0.478 e. The van der Waals surface area contributed by atoms with Crippen molar-refractivity contribution in [2.75, 3.05) is 4.31 Å². The van der Waals surface area contributed by atoms with Crippen molar-refractivity contribution in [1.29, 1.82) is 0 Å². The van der Waals surface area contributed by atoms with Gasteiger partial charge in [0, 0.05) is 17.8 Å². The van der Waals surface area contributed by atoms with Crippen LogP contribution in [0.2, 0.25) is 0 Å². The van der Waals surface area contributed by atoms with Crippen molar-refractivity contribution in [2.24, 2.45) is 0 Å². The molecule has 0 aliphatic carbocycles. The lowest BCUT2D eigenvalue weighted by molar-refractivity contribution is 0.0697. The molecule has 2 heterocycles. The molecule has 8 heteroatoms. The predicted molar refractivity (Wildman–Crippen MR) is 85.4 cm³/mol. The number of benzene rings is 1. The lowest BCUT2D eigenvalue weighted by Gasteiger charge is -2.18. The van der Waals surface area contributed by atoms with Crippen LogP contribution in [0.5, 0.6) is 0 Å². The maximum absolute atomic E-state index is 11.8. The van der Waals surface area contributed by atoms with Gasteiger partial charge in [-0.05, 0) is 36.4 Å². The zero-order chi connectivity index (χ0) is 16.4. The van der Waals surface area contributed by atoms with Crippen LogP contribution in [0.15, 0.2) is 55.0 Å². The van der Waals surface area contributed by atoms with Crippen molar-refractivity contribution < 1.29 is 18.3 Å². The number of carboxylic acid groups (broad SMARTS) is 1. The molecule has 0 saturated heterocycles. The first-order valence-corrected chi connectivity index (χ1v) is 7.67. The third kappa shape index (κ3) is 2.84. The van der Waals surface area contributed by atoms with Gasteiger partial charge in [-0.1, -0.05) is 0 Å². The molecule has 0 fully saturated rings. The smallest absolute Gasteiger partial charge is 0.335 e. The standard InChI is InChI=1S/C15H11N3O4S/c19-15(20)10-3-5-12(6-4-10)18(23(21)22)13-9-16-8-11-2-1-7-17-14(11)13/h1-9,23H,(H,19,20). The summed E-state index contributed by atoms with van der Waals surface area (Å²) in [6.07, 6.45) is 4.57. The monoisotopic (exact) mass is 329 g/mol. The van der Waals surface area contributed by atoms with Crippen molar-refractivity contribution in [3.63, 3.8) is 0 Å². The summed E-state index contributed by atoms with van der Waals surface area (Å²) in [6.45, 7) is 0. The molecule has 0 spiro atoms.